The highest BCUT2D eigenvalue weighted by atomic mass is 35.5. The van der Waals surface area contributed by atoms with E-state index in [0.717, 1.165) is 5.56 Å². The second-order valence-electron chi connectivity index (χ2n) is 7.94. The number of aliphatic carboxylic acids is 1. The number of carbonyl (C=O) groups is 3. The van der Waals surface area contributed by atoms with Gasteiger partial charge in [0.2, 0.25) is 12.7 Å². The van der Waals surface area contributed by atoms with E-state index in [0.29, 0.717) is 47.9 Å². The zero-order valence-electron chi connectivity index (χ0n) is 17.2. The summed E-state index contributed by atoms with van der Waals surface area (Å²) in [5, 5.41) is 15.2. The van der Waals surface area contributed by atoms with E-state index in [-0.39, 0.29) is 36.6 Å². The second kappa shape index (κ2) is 9.48. The van der Waals surface area contributed by atoms with Crippen LogP contribution >= 0.6 is 11.6 Å². The quantitative estimate of drug-likeness (QED) is 0.606. The fraction of sp³-hybridized carbons (Fsp3) is 0.348. The molecule has 2 aliphatic rings. The molecule has 1 aliphatic heterocycles. The summed E-state index contributed by atoms with van der Waals surface area (Å²) >= 11 is 6.09. The average Bonchev–Trinajstić information content (AvgIpc) is 3.26. The summed E-state index contributed by atoms with van der Waals surface area (Å²) < 4.78 is 10.6. The van der Waals surface area contributed by atoms with Gasteiger partial charge in [-0.05, 0) is 61.6 Å². The Labute approximate surface area is 189 Å². The molecule has 0 radical (unpaired) electrons. The molecule has 4 rings (SSSR count). The van der Waals surface area contributed by atoms with Crippen LogP contribution in [0.4, 0.5) is 5.69 Å². The zero-order chi connectivity index (χ0) is 22.7. The van der Waals surface area contributed by atoms with E-state index in [1.54, 1.807) is 24.3 Å². The molecule has 168 valence electrons. The van der Waals surface area contributed by atoms with Crippen LogP contribution in [0.2, 0.25) is 5.02 Å². The molecule has 0 unspecified atom stereocenters. The summed E-state index contributed by atoms with van der Waals surface area (Å²) in [6.45, 7) is 0.434. The molecule has 2 amide bonds. The Morgan fingerprint density at radius 3 is 2.44 bits per heavy atom. The average molecular weight is 459 g/mol. The molecule has 1 aliphatic carbocycles. The van der Waals surface area contributed by atoms with Crippen LogP contribution in [0, 0.1) is 11.8 Å². The molecule has 9 heteroatoms. The third kappa shape index (κ3) is 4.96. The number of hydrogen-bond acceptors (Lipinski definition) is 5. The molecule has 0 atom stereocenters. The van der Waals surface area contributed by atoms with Crippen LogP contribution in [0.5, 0.6) is 11.5 Å². The maximum atomic E-state index is 12.9. The highest BCUT2D eigenvalue weighted by Gasteiger charge is 2.30. The number of carboxylic acid groups (broad SMARTS) is 1. The van der Waals surface area contributed by atoms with Crippen LogP contribution in [0.1, 0.15) is 41.6 Å². The van der Waals surface area contributed by atoms with E-state index < -0.39 is 11.9 Å². The SMILES string of the molecule is O=C(NCc1ccc2c(c1)OCO2)c1cc(Cl)ccc1NC(=O)[C@H]1CC[C@H](C(=O)O)CC1. The highest BCUT2D eigenvalue weighted by molar-refractivity contribution is 6.31. The molecule has 0 saturated heterocycles. The predicted molar refractivity (Wildman–Crippen MR) is 117 cm³/mol. The lowest BCUT2D eigenvalue weighted by Crippen LogP contribution is -2.30. The van der Waals surface area contributed by atoms with Crippen molar-refractivity contribution in [1.29, 1.82) is 0 Å². The standard InChI is InChI=1S/C23H23ClN2O6/c24-16-6-7-18(26-21(27)14-2-4-15(5-3-14)23(29)30)17(10-16)22(28)25-11-13-1-8-19-20(9-13)32-12-31-19/h1,6-10,14-15H,2-5,11-12H2,(H,25,28)(H,26,27)(H,29,30)/t14-,15-. The lowest BCUT2D eigenvalue weighted by atomic mass is 9.81. The molecule has 0 bridgehead atoms. The molecule has 1 heterocycles. The monoisotopic (exact) mass is 458 g/mol. The summed E-state index contributed by atoms with van der Waals surface area (Å²) in [4.78, 5) is 36.7. The number of fused-ring (bicyclic) bond motifs is 1. The number of halogens is 1. The van der Waals surface area contributed by atoms with Gasteiger partial charge in [-0.3, -0.25) is 14.4 Å². The fourth-order valence-corrected chi connectivity index (χ4v) is 4.15. The first-order valence-electron chi connectivity index (χ1n) is 10.4. The summed E-state index contributed by atoms with van der Waals surface area (Å²) in [5.74, 6) is -0.806. The first kappa shape index (κ1) is 22.0. The number of anilines is 1. The fourth-order valence-electron chi connectivity index (χ4n) is 3.98. The topological polar surface area (TPSA) is 114 Å². The van der Waals surface area contributed by atoms with Crippen molar-refractivity contribution >= 4 is 35.1 Å². The minimum absolute atomic E-state index is 0.175. The Morgan fingerprint density at radius 1 is 0.969 bits per heavy atom. The number of ether oxygens (including phenoxy) is 2. The molecule has 0 aromatic heterocycles. The van der Waals surface area contributed by atoms with Gasteiger partial charge in [-0.25, -0.2) is 0 Å². The second-order valence-corrected chi connectivity index (χ2v) is 8.37. The Balaban J connectivity index is 1.40. The summed E-state index contributed by atoms with van der Waals surface area (Å²) in [5.41, 5.74) is 1.46. The number of hydrogen-bond donors (Lipinski definition) is 3. The van der Waals surface area contributed by atoms with Gasteiger partial charge in [-0.15, -0.1) is 0 Å². The van der Waals surface area contributed by atoms with Gasteiger partial charge in [-0.1, -0.05) is 17.7 Å². The van der Waals surface area contributed by atoms with E-state index >= 15 is 0 Å². The Kier molecular flexibility index (Phi) is 6.50. The van der Waals surface area contributed by atoms with Crippen LogP contribution in [0.25, 0.3) is 0 Å². The molecule has 3 N–H and O–H groups in total. The van der Waals surface area contributed by atoms with Crippen LogP contribution in [-0.2, 0) is 16.1 Å². The third-order valence-corrected chi connectivity index (χ3v) is 6.06. The van der Waals surface area contributed by atoms with E-state index in [2.05, 4.69) is 10.6 Å². The maximum Gasteiger partial charge on any atom is 0.306 e. The first-order valence-corrected chi connectivity index (χ1v) is 10.8. The van der Waals surface area contributed by atoms with Crippen molar-refractivity contribution in [2.24, 2.45) is 11.8 Å². The van der Waals surface area contributed by atoms with Gasteiger partial charge in [0.25, 0.3) is 5.91 Å². The predicted octanol–water partition coefficient (Wildman–Crippen LogP) is 3.83. The van der Waals surface area contributed by atoms with E-state index in [4.69, 9.17) is 26.2 Å². The lowest BCUT2D eigenvalue weighted by Gasteiger charge is -2.25. The van der Waals surface area contributed by atoms with Crippen molar-refractivity contribution in [1.82, 2.24) is 5.32 Å². The van der Waals surface area contributed by atoms with Crippen LogP contribution in [0.15, 0.2) is 36.4 Å². The van der Waals surface area contributed by atoms with Crippen LogP contribution in [0.3, 0.4) is 0 Å². The molecule has 0 spiro atoms. The van der Waals surface area contributed by atoms with Gasteiger partial charge in [-0.2, -0.15) is 0 Å². The molecule has 1 saturated carbocycles. The van der Waals surface area contributed by atoms with Gasteiger partial charge < -0.3 is 25.2 Å². The minimum Gasteiger partial charge on any atom is -0.481 e. The number of carbonyl (C=O) groups excluding carboxylic acids is 2. The number of carboxylic acids is 1. The molecule has 2 aromatic carbocycles. The summed E-state index contributed by atoms with van der Waals surface area (Å²) in [7, 11) is 0. The van der Waals surface area contributed by atoms with Crippen LogP contribution < -0.4 is 20.1 Å². The van der Waals surface area contributed by atoms with Gasteiger partial charge in [0.05, 0.1) is 17.2 Å². The number of amides is 2. The number of benzene rings is 2. The summed E-state index contributed by atoms with van der Waals surface area (Å²) in [6.07, 6.45) is 1.94. The lowest BCUT2D eigenvalue weighted by molar-refractivity contribution is -0.143. The molecule has 2 aromatic rings. The first-order chi connectivity index (χ1) is 15.4. The Bertz CT molecular complexity index is 1050. The molecular weight excluding hydrogens is 436 g/mol. The Hall–Kier alpha value is -3.26. The molecule has 1 fully saturated rings. The van der Waals surface area contributed by atoms with E-state index in [1.165, 1.54) is 6.07 Å². The van der Waals surface area contributed by atoms with Crippen molar-refractivity contribution in [3.63, 3.8) is 0 Å². The Morgan fingerprint density at radius 2 is 1.69 bits per heavy atom. The van der Waals surface area contributed by atoms with Crippen molar-refractivity contribution in [3.8, 4) is 11.5 Å². The molecule has 8 nitrogen and oxygen atoms in total. The maximum absolute atomic E-state index is 12.9. The van der Waals surface area contributed by atoms with Crippen molar-refractivity contribution in [2.75, 3.05) is 12.1 Å². The van der Waals surface area contributed by atoms with Gasteiger partial charge in [0, 0.05) is 17.5 Å². The number of rotatable bonds is 6. The van der Waals surface area contributed by atoms with Crippen molar-refractivity contribution in [2.45, 2.75) is 32.2 Å². The smallest absolute Gasteiger partial charge is 0.306 e. The number of nitrogens with one attached hydrogen (secondary N) is 2. The van der Waals surface area contributed by atoms with Crippen molar-refractivity contribution < 1.29 is 29.0 Å². The van der Waals surface area contributed by atoms with Crippen LogP contribution in [-0.4, -0.2) is 29.7 Å². The highest BCUT2D eigenvalue weighted by Crippen LogP contribution is 2.33. The third-order valence-electron chi connectivity index (χ3n) is 5.82. The van der Waals surface area contributed by atoms with E-state index in [9.17, 15) is 14.4 Å². The van der Waals surface area contributed by atoms with Gasteiger partial charge in [0.1, 0.15) is 0 Å². The largest absolute Gasteiger partial charge is 0.481 e. The van der Waals surface area contributed by atoms with E-state index in [1.807, 2.05) is 6.07 Å². The minimum atomic E-state index is -0.817. The molecule has 32 heavy (non-hydrogen) atoms. The normalized spacial score (nSPS) is 19.3. The molecular formula is C23H23ClN2O6. The van der Waals surface area contributed by atoms with Gasteiger partial charge in [0.15, 0.2) is 11.5 Å². The summed E-state index contributed by atoms with van der Waals surface area (Å²) in [6, 6.07) is 10.1. The zero-order valence-corrected chi connectivity index (χ0v) is 18.0. The van der Waals surface area contributed by atoms with Gasteiger partial charge >= 0.3 is 5.97 Å². The van der Waals surface area contributed by atoms with Crippen molar-refractivity contribution in [3.05, 3.63) is 52.5 Å².